The molecule has 0 radical (unpaired) electrons. The number of nitrogens with one attached hydrogen (secondary N) is 2. The Morgan fingerprint density at radius 2 is 1.85 bits per heavy atom. The molecule has 2 aromatic carbocycles. The van der Waals surface area contributed by atoms with Crippen LogP contribution < -0.4 is 10.0 Å². The number of rotatable bonds is 9. The van der Waals surface area contributed by atoms with Gasteiger partial charge in [0, 0.05) is 39.1 Å². The Hall–Kier alpha value is -2.26. The highest BCUT2D eigenvalue weighted by Crippen LogP contribution is 2.24. The molecule has 1 atom stereocenters. The third kappa shape index (κ3) is 6.86. The lowest BCUT2D eigenvalue weighted by atomic mass is 9.92. The molecule has 1 aliphatic heterocycles. The second-order valence-corrected chi connectivity index (χ2v) is 10.6. The Morgan fingerprint density at radius 3 is 2.67 bits per heavy atom. The summed E-state index contributed by atoms with van der Waals surface area (Å²) >= 11 is 0. The average Bonchev–Trinajstić information content (AvgIpc) is 2.83. The molecular formula is C25H33N3O4S. The van der Waals surface area contributed by atoms with Crippen LogP contribution in [0, 0.1) is 0 Å². The van der Waals surface area contributed by atoms with Crippen LogP contribution >= 0.6 is 0 Å². The average molecular weight is 472 g/mol. The van der Waals surface area contributed by atoms with Crippen LogP contribution in [0.1, 0.15) is 36.0 Å². The Balaban J connectivity index is 1.19. The number of carbonyl (C=O) groups excluding carboxylic acids is 1. The first-order valence-electron chi connectivity index (χ1n) is 11.8. The molecule has 2 aromatic rings. The first kappa shape index (κ1) is 23.9. The summed E-state index contributed by atoms with van der Waals surface area (Å²) in [5, 5.41) is 2.88. The Kier molecular flexibility index (Phi) is 8.14. The molecule has 0 bridgehead atoms. The van der Waals surface area contributed by atoms with Gasteiger partial charge in [0.1, 0.15) is 0 Å². The van der Waals surface area contributed by atoms with Gasteiger partial charge in [0.2, 0.25) is 15.9 Å². The van der Waals surface area contributed by atoms with Crippen molar-refractivity contribution in [1.82, 2.24) is 14.9 Å². The van der Waals surface area contributed by atoms with Crippen LogP contribution in [0.3, 0.4) is 0 Å². The fourth-order valence-electron chi connectivity index (χ4n) is 4.46. The molecule has 1 aliphatic carbocycles. The lowest BCUT2D eigenvalue weighted by Gasteiger charge is -2.33. The van der Waals surface area contributed by atoms with Crippen molar-refractivity contribution in [2.75, 3.05) is 32.8 Å². The van der Waals surface area contributed by atoms with E-state index in [0.29, 0.717) is 13.2 Å². The van der Waals surface area contributed by atoms with Gasteiger partial charge in [-0.15, -0.1) is 0 Å². The van der Waals surface area contributed by atoms with E-state index in [0.717, 1.165) is 50.9 Å². The number of morpholine rings is 1. The summed E-state index contributed by atoms with van der Waals surface area (Å²) in [6.45, 7) is 3.59. The number of ether oxygens (including phenoxy) is 1. The molecular weight excluding hydrogens is 438 g/mol. The highest BCUT2D eigenvalue weighted by atomic mass is 32.2. The molecule has 1 amide bonds. The van der Waals surface area contributed by atoms with Gasteiger partial charge in [-0.05, 0) is 54.5 Å². The van der Waals surface area contributed by atoms with Crippen molar-refractivity contribution in [1.29, 1.82) is 0 Å². The molecule has 33 heavy (non-hydrogen) atoms. The number of sulfonamides is 1. The largest absolute Gasteiger partial charge is 0.374 e. The van der Waals surface area contributed by atoms with Gasteiger partial charge in [0.15, 0.2) is 0 Å². The van der Waals surface area contributed by atoms with Gasteiger partial charge >= 0.3 is 0 Å². The SMILES string of the molecule is O=C(CCNS(=O)(=O)c1ccc2c(c1)CCCC2)NCC1CN(Cc2ccccc2)CCO1. The second-order valence-electron chi connectivity index (χ2n) is 8.80. The van der Waals surface area contributed by atoms with E-state index >= 15 is 0 Å². The molecule has 1 fully saturated rings. The number of nitrogens with zero attached hydrogens (tertiary/aromatic N) is 1. The van der Waals surface area contributed by atoms with Gasteiger partial charge in [-0.1, -0.05) is 36.4 Å². The lowest BCUT2D eigenvalue weighted by Crippen LogP contribution is -2.47. The summed E-state index contributed by atoms with van der Waals surface area (Å²) in [7, 11) is -3.62. The number of fused-ring (bicyclic) bond motifs is 1. The number of carbonyl (C=O) groups is 1. The predicted octanol–water partition coefficient (Wildman–Crippen LogP) is 2.25. The lowest BCUT2D eigenvalue weighted by molar-refractivity contribution is -0.122. The molecule has 2 aliphatic rings. The van der Waals surface area contributed by atoms with Crippen molar-refractivity contribution in [2.45, 2.75) is 49.6 Å². The van der Waals surface area contributed by atoms with Gasteiger partial charge in [-0.3, -0.25) is 9.69 Å². The predicted molar refractivity (Wildman–Crippen MR) is 127 cm³/mol. The second kappa shape index (κ2) is 11.2. The highest BCUT2D eigenvalue weighted by molar-refractivity contribution is 7.89. The van der Waals surface area contributed by atoms with E-state index in [4.69, 9.17) is 4.74 Å². The molecule has 0 spiro atoms. The smallest absolute Gasteiger partial charge is 0.240 e. The summed E-state index contributed by atoms with van der Waals surface area (Å²) < 4.78 is 33.6. The van der Waals surface area contributed by atoms with Crippen molar-refractivity contribution in [2.24, 2.45) is 0 Å². The molecule has 0 aromatic heterocycles. The van der Waals surface area contributed by atoms with E-state index in [9.17, 15) is 13.2 Å². The standard InChI is InChI=1S/C25H33N3O4S/c29-25(26-17-23-19-28(14-15-32-23)18-20-6-2-1-3-7-20)12-13-27-33(30,31)24-11-10-21-8-4-5-9-22(21)16-24/h1-3,6-7,10-11,16,23,27H,4-5,8-9,12-15,17-19H2,(H,26,29). The molecule has 178 valence electrons. The highest BCUT2D eigenvalue weighted by Gasteiger charge is 2.22. The minimum Gasteiger partial charge on any atom is -0.374 e. The monoisotopic (exact) mass is 471 g/mol. The van der Waals surface area contributed by atoms with Crippen LogP contribution in [0.25, 0.3) is 0 Å². The van der Waals surface area contributed by atoms with Gasteiger partial charge in [-0.25, -0.2) is 13.1 Å². The number of hydrogen-bond donors (Lipinski definition) is 2. The fourth-order valence-corrected chi connectivity index (χ4v) is 5.55. The van der Waals surface area contributed by atoms with E-state index in [-0.39, 0.29) is 29.9 Å². The van der Waals surface area contributed by atoms with Crippen molar-refractivity contribution in [3.63, 3.8) is 0 Å². The maximum absolute atomic E-state index is 12.6. The molecule has 7 nitrogen and oxygen atoms in total. The number of hydrogen-bond acceptors (Lipinski definition) is 5. The van der Waals surface area contributed by atoms with Gasteiger partial charge in [0.05, 0.1) is 17.6 Å². The van der Waals surface area contributed by atoms with E-state index < -0.39 is 10.0 Å². The molecule has 1 heterocycles. The van der Waals surface area contributed by atoms with Gasteiger partial charge in [0.25, 0.3) is 0 Å². The third-order valence-electron chi connectivity index (χ3n) is 6.27. The van der Waals surface area contributed by atoms with E-state index in [1.807, 2.05) is 24.3 Å². The zero-order valence-electron chi connectivity index (χ0n) is 19.0. The molecule has 4 rings (SSSR count). The Bertz CT molecular complexity index is 1040. The zero-order chi connectivity index (χ0) is 23.1. The fraction of sp³-hybridized carbons (Fsp3) is 0.480. The third-order valence-corrected chi connectivity index (χ3v) is 7.73. The number of amides is 1. The van der Waals surface area contributed by atoms with Crippen LogP contribution in [0.5, 0.6) is 0 Å². The maximum atomic E-state index is 12.6. The van der Waals surface area contributed by atoms with Crippen molar-refractivity contribution in [3.8, 4) is 0 Å². The molecule has 2 N–H and O–H groups in total. The molecule has 0 saturated carbocycles. The van der Waals surface area contributed by atoms with Crippen LogP contribution in [0.4, 0.5) is 0 Å². The summed E-state index contributed by atoms with van der Waals surface area (Å²) in [6.07, 6.45) is 4.21. The number of aryl methyl sites for hydroxylation is 2. The van der Waals surface area contributed by atoms with Crippen LogP contribution in [0.15, 0.2) is 53.4 Å². The van der Waals surface area contributed by atoms with Crippen LogP contribution in [-0.2, 0) is 38.9 Å². The minimum atomic E-state index is -3.62. The summed E-state index contributed by atoms with van der Waals surface area (Å²) in [5.74, 6) is -0.188. The van der Waals surface area contributed by atoms with Gasteiger partial charge < -0.3 is 10.1 Å². The van der Waals surface area contributed by atoms with E-state index in [1.54, 1.807) is 12.1 Å². The zero-order valence-corrected chi connectivity index (χ0v) is 19.8. The van der Waals surface area contributed by atoms with Crippen molar-refractivity contribution in [3.05, 3.63) is 65.2 Å². The number of benzene rings is 2. The Morgan fingerprint density at radius 1 is 1.06 bits per heavy atom. The molecule has 8 heteroatoms. The van der Waals surface area contributed by atoms with Crippen LogP contribution in [0.2, 0.25) is 0 Å². The topological polar surface area (TPSA) is 87.7 Å². The normalized spacial score (nSPS) is 19.1. The maximum Gasteiger partial charge on any atom is 0.240 e. The van der Waals surface area contributed by atoms with Gasteiger partial charge in [-0.2, -0.15) is 0 Å². The van der Waals surface area contributed by atoms with Crippen molar-refractivity contribution >= 4 is 15.9 Å². The van der Waals surface area contributed by atoms with E-state index in [2.05, 4.69) is 27.1 Å². The quantitative estimate of drug-likeness (QED) is 0.586. The summed E-state index contributed by atoms with van der Waals surface area (Å²) in [4.78, 5) is 14.9. The summed E-state index contributed by atoms with van der Waals surface area (Å²) in [6, 6.07) is 15.7. The Labute approximate surface area is 196 Å². The van der Waals surface area contributed by atoms with E-state index in [1.165, 1.54) is 11.1 Å². The molecule has 1 saturated heterocycles. The minimum absolute atomic E-state index is 0.0664. The summed E-state index contributed by atoms with van der Waals surface area (Å²) in [5.41, 5.74) is 3.62. The first-order valence-corrected chi connectivity index (χ1v) is 13.2. The molecule has 1 unspecified atom stereocenters. The van der Waals surface area contributed by atoms with Crippen LogP contribution in [-0.4, -0.2) is 58.1 Å². The van der Waals surface area contributed by atoms with Crippen molar-refractivity contribution < 1.29 is 17.9 Å². The first-order chi connectivity index (χ1) is 16.0.